The van der Waals surface area contributed by atoms with E-state index in [0.717, 1.165) is 4.90 Å². The van der Waals surface area contributed by atoms with Crippen molar-refractivity contribution in [1.29, 1.82) is 0 Å². The third-order valence-corrected chi connectivity index (χ3v) is 3.54. The molecular formula is C13H13NO3S. The second-order valence-electron chi connectivity index (χ2n) is 3.86. The Balaban J connectivity index is 2.07. The number of rotatable bonds is 4. The van der Waals surface area contributed by atoms with Crippen LogP contribution in [0.15, 0.2) is 24.3 Å². The summed E-state index contributed by atoms with van der Waals surface area (Å²) >= 11 is 1.21. The molecule has 4 nitrogen and oxygen atoms in total. The minimum Gasteiger partial charge on any atom is -0.287 e. The normalized spacial score (nSPS) is 13.9. The van der Waals surface area contributed by atoms with E-state index in [4.69, 9.17) is 0 Å². The summed E-state index contributed by atoms with van der Waals surface area (Å²) in [6, 6.07) is 6.73. The molecule has 0 aromatic heterocycles. The molecule has 0 aliphatic carbocycles. The zero-order valence-electron chi connectivity index (χ0n) is 10.0. The van der Waals surface area contributed by atoms with Gasteiger partial charge in [0.2, 0.25) is 0 Å². The first-order chi connectivity index (χ1) is 8.65. The maximum Gasteiger partial charge on any atom is 0.261 e. The van der Waals surface area contributed by atoms with Crippen LogP contribution in [0.5, 0.6) is 0 Å². The van der Waals surface area contributed by atoms with Crippen LogP contribution < -0.4 is 0 Å². The van der Waals surface area contributed by atoms with Crippen molar-refractivity contribution in [2.45, 2.75) is 13.3 Å². The second kappa shape index (κ2) is 5.35. The van der Waals surface area contributed by atoms with Crippen molar-refractivity contribution < 1.29 is 14.4 Å². The van der Waals surface area contributed by atoms with E-state index >= 15 is 0 Å². The maximum atomic E-state index is 12.0. The Morgan fingerprint density at radius 1 is 1.17 bits per heavy atom. The van der Waals surface area contributed by atoms with E-state index in [0.29, 0.717) is 16.9 Å². The largest absolute Gasteiger partial charge is 0.287 e. The molecule has 0 fully saturated rings. The first-order valence-corrected chi connectivity index (χ1v) is 6.74. The van der Waals surface area contributed by atoms with Crippen molar-refractivity contribution in [3.8, 4) is 0 Å². The van der Waals surface area contributed by atoms with E-state index in [1.807, 2.05) is 6.92 Å². The van der Waals surface area contributed by atoms with Gasteiger partial charge in [-0.1, -0.05) is 30.8 Å². The van der Waals surface area contributed by atoms with Crippen LogP contribution in [0.25, 0.3) is 0 Å². The summed E-state index contributed by atoms with van der Waals surface area (Å²) in [5.74, 6) is 0.107. The standard InChI is InChI=1S/C13H13NO3S/c1-2-18-11(15)7-8-14-12(16)9-5-3-4-6-10(9)13(14)17/h3-6H,2,7-8H2,1H3. The fourth-order valence-corrected chi connectivity index (χ4v) is 2.44. The number of carbonyl (C=O) groups is 3. The lowest BCUT2D eigenvalue weighted by Gasteiger charge is -2.12. The number of amides is 2. The third-order valence-electron chi connectivity index (χ3n) is 2.72. The van der Waals surface area contributed by atoms with Gasteiger partial charge in [-0.15, -0.1) is 0 Å². The molecule has 94 valence electrons. The second-order valence-corrected chi connectivity index (χ2v) is 5.18. The van der Waals surface area contributed by atoms with Crippen LogP contribution in [0.1, 0.15) is 34.1 Å². The Hall–Kier alpha value is -1.62. The van der Waals surface area contributed by atoms with E-state index in [-0.39, 0.29) is 29.9 Å². The number of benzene rings is 1. The van der Waals surface area contributed by atoms with Gasteiger partial charge in [0.1, 0.15) is 0 Å². The minimum absolute atomic E-state index is 0.00839. The molecule has 18 heavy (non-hydrogen) atoms. The molecule has 1 aromatic rings. The lowest BCUT2D eigenvalue weighted by atomic mass is 10.1. The van der Waals surface area contributed by atoms with Crippen molar-refractivity contribution >= 4 is 28.7 Å². The number of carbonyl (C=O) groups excluding carboxylic acids is 3. The first kappa shape index (κ1) is 12.8. The zero-order valence-corrected chi connectivity index (χ0v) is 10.8. The fourth-order valence-electron chi connectivity index (χ4n) is 1.88. The molecule has 0 saturated carbocycles. The van der Waals surface area contributed by atoms with Crippen molar-refractivity contribution in [3.63, 3.8) is 0 Å². The Morgan fingerprint density at radius 2 is 1.72 bits per heavy atom. The zero-order chi connectivity index (χ0) is 13.1. The van der Waals surface area contributed by atoms with E-state index in [9.17, 15) is 14.4 Å². The number of imide groups is 1. The topological polar surface area (TPSA) is 54.5 Å². The number of hydrogen-bond donors (Lipinski definition) is 0. The number of hydrogen-bond acceptors (Lipinski definition) is 4. The summed E-state index contributed by atoms with van der Waals surface area (Å²) in [5.41, 5.74) is 0.858. The molecule has 0 spiro atoms. The van der Waals surface area contributed by atoms with Crippen molar-refractivity contribution in [2.75, 3.05) is 12.3 Å². The van der Waals surface area contributed by atoms with Crippen molar-refractivity contribution in [3.05, 3.63) is 35.4 Å². The van der Waals surface area contributed by atoms with Gasteiger partial charge < -0.3 is 0 Å². The average molecular weight is 263 g/mol. The SMILES string of the molecule is CCSC(=O)CCN1C(=O)c2ccccc2C1=O. The van der Waals surface area contributed by atoms with Crippen LogP contribution in [0, 0.1) is 0 Å². The molecule has 1 heterocycles. The highest BCUT2D eigenvalue weighted by Gasteiger charge is 2.34. The highest BCUT2D eigenvalue weighted by Crippen LogP contribution is 2.22. The van der Waals surface area contributed by atoms with E-state index in [1.54, 1.807) is 24.3 Å². The molecule has 0 atom stereocenters. The van der Waals surface area contributed by atoms with Gasteiger partial charge >= 0.3 is 0 Å². The highest BCUT2D eigenvalue weighted by atomic mass is 32.2. The van der Waals surface area contributed by atoms with Crippen LogP contribution in [0.2, 0.25) is 0 Å². The summed E-state index contributed by atoms with van der Waals surface area (Å²) in [5, 5.41) is 0.00839. The van der Waals surface area contributed by atoms with Crippen LogP contribution in [-0.2, 0) is 4.79 Å². The highest BCUT2D eigenvalue weighted by molar-refractivity contribution is 8.13. The van der Waals surface area contributed by atoms with Gasteiger partial charge in [0.05, 0.1) is 11.1 Å². The fraction of sp³-hybridized carbons (Fsp3) is 0.308. The monoisotopic (exact) mass is 263 g/mol. The Bertz CT molecular complexity index is 478. The summed E-state index contributed by atoms with van der Waals surface area (Å²) in [4.78, 5) is 36.5. The molecule has 0 radical (unpaired) electrons. The molecule has 0 unspecified atom stereocenters. The van der Waals surface area contributed by atoms with Crippen LogP contribution >= 0.6 is 11.8 Å². The molecule has 2 amide bonds. The van der Waals surface area contributed by atoms with Crippen molar-refractivity contribution in [2.24, 2.45) is 0 Å². The van der Waals surface area contributed by atoms with E-state index in [2.05, 4.69) is 0 Å². The van der Waals surface area contributed by atoms with Gasteiger partial charge in [-0.25, -0.2) is 0 Å². The third kappa shape index (κ3) is 2.31. The van der Waals surface area contributed by atoms with E-state index < -0.39 is 0 Å². The molecule has 0 saturated heterocycles. The number of fused-ring (bicyclic) bond motifs is 1. The van der Waals surface area contributed by atoms with Gasteiger partial charge in [-0.05, 0) is 17.9 Å². The van der Waals surface area contributed by atoms with Gasteiger partial charge in [-0.2, -0.15) is 0 Å². The van der Waals surface area contributed by atoms with E-state index in [1.165, 1.54) is 11.8 Å². The lowest BCUT2D eigenvalue weighted by Crippen LogP contribution is -2.31. The summed E-state index contributed by atoms with van der Waals surface area (Å²) < 4.78 is 0. The number of thioether (sulfide) groups is 1. The molecule has 1 aliphatic heterocycles. The summed E-state index contributed by atoms with van der Waals surface area (Å²) in [6.07, 6.45) is 0.212. The maximum absolute atomic E-state index is 12.0. The predicted molar refractivity (Wildman–Crippen MR) is 69.6 cm³/mol. The molecule has 0 bridgehead atoms. The Labute approximate surface area is 109 Å². The minimum atomic E-state index is -0.301. The van der Waals surface area contributed by atoms with Crippen LogP contribution in [0.3, 0.4) is 0 Å². The van der Waals surface area contributed by atoms with Crippen molar-refractivity contribution in [1.82, 2.24) is 4.90 Å². The molecular weight excluding hydrogens is 250 g/mol. The van der Waals surface area contributed by atoms with Gasteiger partial charge in [0.15, 0.2) is 5.12 Å². The Morgan fingerprint density at radius 3 is 2.22 bits per heavy atom. The summed E-state index contributed by atoms with van der Waals surface area (Å²) in [7, 11) is 0. The molecule has 1 aliphatic rings. The smallest absolute Gasteiger partial charge is 0.261 e. The lowest BCUT2D eigenvalue weighted by molar-refractivity contribution is -0.111. The number of nitrogens with zero attached hydrogens (tertiary/aromatic N) is 1. The van der Waals surface area contributed by atoms with Crippen LogP contribution in [0.4, 0.5) is 0 Å². The molecule has 5 heteroatoms. The Kier molecular flexibility index (Phi) is 3.81. The first-order valence-electron chi connectivity index (χ1n) is 5.76. The quantitative estimate of drug-likeness (QED) is 0.779. The summed E-state index contributed by atoms with van der Waals surface area (Å²) in [6.45, 7) is 2.06. The molecule has 1 aromatic carbocycles. The molecule has 0 N–H and O–H groups in total. The van der Waals surface area contributed by atoms with Gasteiger partial charge in [0.25, 0.3) is 11.8 Å². The van der Waals surface area contributed by atoms with Crippen LogP contribution in [-0.4, -0.2) is 34.1 Å². The average Bonchev–Trinajstić information content (AvgIpc) is 2.61. The van der Waals surface area contributed by atoms with Gasteiger partial charge in [0, 0.05) is 13.0 Å². The molecule has 2 rings (SSSR count). The predicted octanol–water partition coefficient (Wildman–Crippen LogP) is 1.95. The van der Waals surface area contributed by atoms with Gasteiger partial charge in [-0.3, -0.25) is 19.3 Å².